The van der Waals surface area contributed by atoms with Gasteiger partial charge in [0, 0.05) is 31.2 Å². The zero-order valence-electron chi connectivity index (χ0n) is 17.6. The Kier molecular flexibility index (Phi) is 5.90. The van der Waals surface area contributed by atoms with Gasteiger partial charge < -0.3 is 21.8 Å². The van der Waals surface area contributed by atoms with E-state index in [4.69, 9.17) is 11.5 Å². The van der Waals surface area contributed by atoms with Gasteiger partial charge in [0.25, 0.3) is 5.91 Å². The summed E-state index contributed by atoms with van der Waals surface area (Å²) in [6.07, 6.45) is 4.32. The number of hydrogen-bond donors (Lipinski definition) is 4. The highest BCUT2D eigenvalue weighted by Gasteiger charge is 2.63. The number of primary amides is 1. The van der Waals surface area contributed by atoms with Gasteiger partial charge in [0.1, 0.15) is 6.04 Å². The van der Waals surface area contributed by atoms with Gasteiger partial charge in [-0.25, -0.2) is 14.6 Å². The topological polar surface area (TPSA) is 161 Å². The van der Waals surface area contributed by atoms with Crippen molar-refractivity contribution in [3.05, 3.63) is 54.1 Å². The van der Waals surface area contributed by atoms with Crippen LogP contribution in [0.3, 0.4) is 0 Å². The van der Waals surface area contributed by atoms with Crippen LogP contribution in [0, 0.1) is 5.92 Å². The fourth-order valence-electron chi connectivity index (χ4n) is 4.90. The Balaban J connectivity index is 1.63. The second-order valence-corrected chi connectivity index (χ2v) is 8.50. The van der Waals surface area contributed by atoms with E-state index in [1.165, 1.54) is 6.33 Å². The predicted octanol–water partition coefficient (Wildman–Crippen LogP) is -0.845. The number of benzene rings is 1. The molecule has 6 N–H and O–H groups in total. The van der Waals surface area contributed by atoms with Gasteiger partial charge in [-0.3, -0.25) is 9.59 Å². The smallest absolute Gasteiger partial charge is 0.345 e. The molecule has 10 heteroatoms. The summed E-state index contributed by atoms with van der Waals surface area (Å²) in [7, 11) is 0. The number of aromatic nitrogens is 2. The minimum absolute atomic E-state index is 0.131. The Morgan fingerprint density at radius 1 is 1.22 bits per heavy atom. The van der Waals surface area contributed by atoms with Gasteiger partial charge in [-0.05, 0) is 12.0 Å². The van der Waals surface area contributed by atoms with E-state index in [-0.39, 0.29) is 18.9 Å². The van der Waals surface area contributed by atoms with Crippen LogP contribution in [0.2, 0.25) is 0 Å². The largest absolute Gasteiger partial charge is 0.364 e. The zero-order valence-corrected chi connectivity index (χ0v) is 17.6. The minimum atomic E-state index is -1.04. The van der Waals surface area contributed by atoms with Gasteiger partial charge >= 0.3 is 11.8 Å². The third-order valence-electron chi connectivity index (χ3n) is 6.55. The first-order valence-corrected chi connectivity index (χ1v) is 10.7. The first kappa shape index (κ1) is 21.8. The van der Waals surface area contributed by atoms with Crippen molar-refractivity contribution in [2.24, 2.45) is 17.4 Å². The van der Waals surface area contributed by atoms with Crippen molar-refractivity contribution < 1.29 is 23.7 Å². The van der Waals surface area contributed by atoms with E-state index in [1.54, 1.807) is 6.20 Å². The molecule has 32 heavy (non-hydrogen) atoms. The van der Waals surface area contributed by atoms with Gasteiger partial charge in [-0.15, -0.1) is 0 Å². The quantitative estimate of drug-likeness (QED) is 0.325. The fraction of sp³-hybridized carbons (Fsp3) is 0.409. The highest BCUT2D eigenvalue weighted by Crippen LogP contribution is 2.34. The molecule has 0 aliphatic carbocycles. The number of rotatable bonds is 7. The summed E-state index contributed by atoms with van der Waals surface area (Å²) in [5.41, 5.74) is 13.4. The zero-order chi connectivity index (χ0) is 22.9. The predicted molar refractivity (Wildman–Crippen MR) is 113 cm³/mol. The number of H-pyrrole nitrogens is 1. The molecular formula is C22H27N6O4+. The minimum Gasteiger partial charge on any atom is -0.364 e. The summed E-state index contributed by atoms with van der Waals surface area (Å²) < 4.78 is -0.749. The number of carbonyl (C=O) groups excluding carboxylic acids is 4. The summed E-state index contributed by atoms with van der Waals surface area (Å²) in [6, 6.07) is 6.42. The van der Waals surface area contributed by atoms with Crippen LogP contribution in [0.1, 0.15) is 24.1 Å². The number of hydrogen-bond acceptors (Lipinski definition) is 6. The monoisotopic (exact) mass is 439 g/mol. The van der Waals surface area contributed by atoms with E-state index in [9.17, 15) is 19.2 Å². The number of amides is 4. The van der Waals surface area contributed by atoms with Crippen LogP contribution in [0.15, 0.2) is 42.9 Å². The molecule has 0 bridgehead atoms. The van der Waals surface area contributed by atoms with Crippen LogP contribution in [0.5, 0.6) is 0 Å². The number of aromatic amines is 1. The lowest BCUT2D eigenvalue weighted by Crippen LogP contribution is -2.75. The Morgan fingerprint density at radius 2 is 1.97 bits per heavy atom. The van der Waals surface area contributed by atoms with Crippen LogP contribution < -0.4 is 16.8 Å². The highest BCUT2D eigenvalue weighted by atomic mass is 16.2. The number of nitrogens with zero attached hydrogens (tertiary/aromatic N) is 2. The molecule has 2 saturated heterocycles. The molecule has 0 radical (unpaired) electrons. The fourth-order valence-corrected chi connectivity index (χ4v) is 4.90. The molecule has 5 atom stereocenters. The van der Waals surface area contributed by atoms with Crippen molar-refractivity contribution in [1.82, 2.24) is 15.3 Å². The second kappa shape index (κ2) is 8.64. The van der Waals surface area contributed by atoms with Crippen LogP contribution >= 0.6 is 0 Å². The first-order chi connectivity index (χ1) is 15.3. The van der Waals surface area contributed by atoms with E-state index in [0.717, 1.165) is 5.56 Å². The lowest BCUT2D eigenvalue weighted by atomic mass is 9.83. The van der Waals surface area contributed by atoms with Gasteiger partial charge in [0.2, 0.25) is 5.91 Å². The molecule has 2 fully saturated rings. The summed E-state index contributed by atoms with van der Waals surface area (Å²) in [6.45, 7) is 0.131. The molecule has 1 unspecified atom stereocenters. The number of nitrogens with two attached hydrogens (primary N) is 2. The van der Waals surface area contributed by atoms with Crippen LogP contribution in [-0.4, -0.2) is 62.7 Å². The average Bonchev–Trinajstić information content (AvgIpc) is 3.46. The molecule has 2 aromatic rings. The van der Waals surface area contributed by atoms with Crippen molar-refractivity contribution in [2.75, 3.05) is 6.54 Å². The summed E-state index contributed by atoms with van der Waals surface area (Å²) in [5.74, 6) is -2.68. The molecule has 2 aliphatic rings. The van der Waals surface area contributed by atoms with Gasteiger partial charge in [0.15, 0.2) is 12.1 Å². The summed E-state index contributed by atoms with van der Waals surface area (Å²) in [4.78, 5) is 58.8. The number of nitrogens with one attached hydrogen (secondary N) is 2. The maximum atomic E-state index is 13.8. The Bertz CT molecular complexity index is 1020. The van der Waals surface area contributed by atoms with Crippen molar-refractivity contribution in [3.8, 4) is 0 Å². The third-order valence-corrected chi connectivity index (χ3v) is 6.55. The molecule has 168 valence electrons. The van der Waals surface area contributed by atoms with Crippen LogP contribution in [-0.2, 0) is 32.0 Å². The van der Waals surface area contributed by atoms with Crippen molar-refractivity contribution in [1.29, 1.82) is 0 Å². The van der Waals surface area contributed by atoms with E-state index in [2.05, 4.69) is 15.3 Å². The third kappa shape index (κ3) is 3.71. The van der Waals surface area contributed by atoms with E-state index < -0.39 is 46.2 Å². The molecule has 2 aliphatic heterocycles. The standard InChI is InChI=1S/C22H26N6O4/c23-16(10-14-11-25-12-26-14)21(31)28(8-4-7-17(28)19(24)29)22(32)18-15(20(30)27-18)9-13-5-2-1-3-6-13/h1-3,5-6,11-12,15-18H,4,7-10,23H2,(H3-,24,25,26,27,29,30)/p+1/t15-,16+,17+,18+,28?/m1/s1. The number of imide groups is 1. The average molecular weight is 439 g/mol. The van der Waals surface area contributed by atoms with Gasteiger partial charge in [0.05, 0.1) is 18.8 Å². The van der Waals surface area contributed by atoms with Crippen molar-refractivity contribution in [2.45, 2.75) is 43.8 Å². The molecule has 0 saturated carbocycles. The van der Waals surface area contributed by atoms with Gasteiger partial charge in [-0.1, -0.05) is 30.3 Å². The number of likely N-dealkylation sites (tertiary alicyclic amines) is 1. The number of imidazole rings is 1. The van der Waals surface area contributed by atoms with E-state index in [0.29, 0.717) is 25.0 Å². The van der Waals surface area contributed by atoms with Crippen molar-refractivity contribution >= 4 is 23.6 Å². The molecule has 3 heterocycles. The van der Waals surface area contributed by atoms with E-state index in [1.807, 2.05) is 30.3 Å². The molecular weight excluding hydrogens is 412 g/mol. The molecule has 0 spiro atoms. The molecule has 4 rings (SSSR count). The summed E-state index contributed by atoms with van der Waals surface area (Å²) >= 11 is 0. The lowest BCUT2D eigenvalue weighted by molar-refractivity contribution is -0.784. The number of carbonyl (C=O) groups is 4. The Morgan fingerprint density at radius 3 is 2.59 bits per heavy atom. The number of quaternary nitrogens is 1. The molecule has 1 aromatic heterocycles. The highest BCUT2D eigenvalue weighted by molar-refractivity contribution is 6.02. The number of β-lactam (4-membered cyclic amide) rings is 1. The van der Waals surface area contributed by atoms with Gasteiger partial charge in [-0.2, -0.15) is 4.48 Å². The maximum absolute atomic E-state index is 13.8. The van der Waals surface area contributed by atoms with Crippen molar-refractivity contribution in [3.63, 3.8) is 0 Å². The Labute approximate surface area is 184 Å². The first-order valence-electron chi connectivity index (χ1n) is 10.7. The lowest BCUT2D eigenvalue weighted by Gasteiger charge is -2.42. The maximum Gasteiger partial charge on any atom is 0.345 e. The molecule has 1 aromatic carbocycles. The molecule has 4 amide bonds. The molecule has 10 nitrogen and oxygen atoms in total. The van der Waals surface area contributed by atoms with Crippen LogP contribution in [0.4, 0.5) is 0 Å². The SMILES string of the molecule is NC(=O)[C@@H]1CCC[N+]1(C(=O)[C@H]1NC(=O)[C@@H]1Cc1ccccc1)C(=O)[C@@H](N)Cc1cnc[nH]1. The summed E-state index contributed by atoms with van der Waals surface area (Å²) in [5, 5.41) is 2.65. The van der Waals surface area contributed by atoms with Crippen LogP contribution in [0.25, 0.3) is 0 Å². The Hall–Kier alpha value is -3.37. The second-order valence-electron chi connectivity index (χ2n) is 8.50. The normalized spacial score (nSPS) is 27.9. The van der Waals surface area contributed by atoms with E-state index >= 15 is 0 Å².